The number of halogens is 3. The third-order valence-corrected chi connectivity index (χ3v) is 3.79. The highest BCUT2D eigenvalue weighted by Gasteiger charge is 2.24. The predicted octanol–water partition coefficient (Wildman–Crippen LogP) is 3.53. The molecular formula is C17H12ClF2NO5. The van der Waals surface area contributed by atoms with Crippen LogP contribution in [0.2, 0.25) is 5.02 Å². The molecule has 6 nitrogen and oxygen atoms in total. The molecule has 0 aromatic heterocycles. The van der Waals surface area contributed by atoms with Crippen molar-refractivity contribution in [2.24, 2.45) is 0 Å². The van der Waals surface area contributed by atoms with Crippen molar-refractivity contribution in [2.45, 2.75) is 13.0 Å². The van der Waals surface area contributed by atoms with Crippen LogP contribution >= 0.6 is 11.6 Å². The molecule has 0 saturated carbocycles. The summed E-state index contributed by atoms with van der Waals surface area (Å²) in [5.41, 5.74) is -0.169. The third-order valence-electron chi connectivity index (χ3n) is 3.50. The molecule has 136 valence electrons. The predicted molar refractivity (Wildman–Crippen MR) is 87.4 cm³/mol. The Kier molecular flexibility index (Phi) is 4.94. The number of carbonyl (C=O) groups is 2. The first-order chi connectivity index (χ1) is 12.3. The van der Waals surface area contributed by atoms with Crippen LogP contribution < -0.4 is 14.8 Å². The number of anilines is 1. The van der Waals surface area contributed by atoms with E-state index in [9.17, 15) is 18.4 Å². The number of amides is 1. The van der Waals surface area contributed by atoms with Crippen LogP contribution in [0.5, 0.6) is 11.5 Å². The van der Waals surface area contributed by atoms with Gasteiger partial charge in [0.15, 0.2) is 17.6 Å². The summed E-state index contributed by atoms with van der Waals surface area (Å²) in [5.74, 6) is -2.72. The van der Waals surface area contributed by atoms with Crippen LogP contribution in [0.1, 0.15) is 17.3 Å². The van der Waals surface area contributed by atoms with Gasteiger partial charge in [0, 0.05) is 6.07 Å². The maximum Gasteiger partial charge on any atom is 0.339 e. The highest BCUT2D eigenvalue weighted by Crippen LogP contribution is 2.39. The first-order valence-electron chi connectivity index (χ1n) is 7.41. The number of benzene rings is 2. The molecule has 0 radical (unpaired) electrons. The molecule has 0 unspecified atom stereocenters. The Morgan fingerprint density at radius 2 is 2.00 bits per heavy atom. The Morgan fingerprint density at radius 1 is 1.23 bits per heavy atom. The normalized spacial score (nSPS) is 13.2. The molecule has 0 spiro atoms. The van der Waals surface area contributed by atoms with Gasteiger partial charge in [-0.05, 0) is 31.2 Å². The fourth-order valence-corrected chi connectivity index (χ4v) is 2.46. The quantitative estimate of drug-likeness (QED) is 0.818. The largest absolute Gasteiger partial charge is 0.454 e. The van der Waals surface area contributed by atoms with E-state index < -0.39 is 29.6 Å². The number of nitrogens with one attached hydrogen (secondary N) is 1. The molecule has 26 heavy (non-hydrogen) atoms. The van der Waals surface area contributed by atoms with Crippen molar-refractivity contribution in [2.75, 3.05) is 12.1 Å². The van der Waals surface area contributed by atoms with Crippen molar-refractivity contribution in [3.63, 3.8) is 0 Å². The number of rotatable bonds is 4. The van der Waals surface area contributed by atoms with E-state index in [0.29, 0.717) is 11.8 Å². The standard InChI is InChI=1S/C17H12ClF2NO5/c1-8(16(22)21-13-3-2-10(19)6-12(13)20)26-17(23)9-4-11(18)15-14(5-9)24-7-25-15/h2-6,8H,7H2,1H3,(H,21,22)/t8-/m0/s1. The first kappa shape index (κ1) is 17.9. The smallest absolute Gasteiger partial charge is 0.339 e. The van der Waals surface area contributed by atoms with Crippen LogP contribution in [0.3, 0.4) is 0 Å². The molecule has 0 saturated heterocycles. The molecule has 9 heteroatoms. The SMILES string of the molecule is C[C@H](OC(=O)c1cc(Cl)c2c(c1)OCO2)C(=O)Nc1ccc(F)cc1F. The van der Waals surface area contributed by atoms with Gasteiger partial charge < -0.3 is 19.5 Å². The molecule has 1 amide bonds. The van der Waals surface area contributed by atoms with Gasteiger partial charge in [0.2, 0.25) is 6.79 Å². The minimum absolute atomic E-state index is 0.0183. The number of esters is 1. The second-order valence-corrected chi connectivity index (χ2v) is 5.76. The minimum Gasteiger partial charge on any atom is -0.454 e. The molecule has 1 heterocycles. The Morgan fingerprint density at radius 3 is 2.73 bits per heavy atom. The van der Waals surface area contributed by atoms with E-state index in [1.54, 1.807) is 0 Å². The number of hydrogen-bond donors (Lipinski definition) is 1. The van der Waals surface area contributed by atoms with Gasteiger partial charge in [-0.25, -0.2) is 13.6 Å². The minimum atomic E-state index is -1.24. The van der Waals surface area contributed by atoms with Crippen LogP contribution in [0.15, 0.2) is 30.3 Å². The molecule has 0 bridgehead atoms. The summed E-state index contributed by atoms with van der Waals surface area (Å²) >= 11 is 5.99. The van der Waals surface area contributed by atoms with Crippen molar-refractivity contribution < 1.29 is 32.6 Å². The highest BCUT2D eigenvalue weighted by molar-refractivity contribution is 6.32. The van der Waals surface area contributed by atoms with Crippen molar-refractivity contribution in [1.82, 2.24) is 0 Å². The van der Waals surface area contributed by atoms with Crippen LogP contribution in [0.25, 0.3) is 0 Å². The zero-order chi connectivity index (χ0) is 18.8. The van der Waals surface area contributed by atoms with Crippen molar-refractivity contribution >= 4 is 29.2 Å². The zero-order valence-corrected chi connectivity index (χ0v) is 14.1. The molecular weight excluding hydrogens is 372 g/mol. The van der Waals surface area contributed by atoms with Crippen molar-refractivity contribution in [3.8, 4) is 11.5 Å². The summed E-state index contributed by atoms with van der Waals surface area (Å²) < 4.78 is 41.8. The fraction of sp³-hybridized carbons (Fsp3) is 0.176. The van der Waals surface area contributed by atoms with E-state index in [2.05, 4.69) is 5.32 Å². The summed E-state index contributed by atoms with van der Waals surface area (Å²) in [4.78, 5) is 24.2. The summed E-state index contributed by atoms with van der Waals surface area (Å²) in [6.07, 6.45) is -1.24. The van der Waals surface area contributed by atoms with E-state index in [4.69, 9.17) is 25.8 Å². The van der Waals surface area contributed by atoms with Gasteiger partial charge >= 0.3 is 5.97 Å². The average Bonchev–Trinajstić information content (AvgIpc) is 3.06. The topological polar surface area (TPSA) is 73.9 Å². The molecule has 0 fully saturated rings. The van der Waals surface area contributed by atoms with E-state index in [-0.39, 0.29) is 28.8 Å². The molecule has 0 aliphatic carbocycles. The third kappa shape index (κ3) is 3.70. The van der Waals surface area contributed by atoms with Gasteiger partial charge in [0.05, 0.1) is 16.3 Å². The van der Waals surface area contributed by atoms with Crippen LogP contribution in [0, 0.1) is 11.6 Å². The summed E-state index contributed by atoms with van der Waals surface area (Å²) in [6, 6.07) is 5.38. The van der Waals surface area contributed by atoms with Gasteiger partial charge in [-0.3, -0.25) is 4.79 Å². The average molecular weight is 384 g/mol. The maximum absolute atomic E-state index is 13.6. The fourth-order valence-electron chi connectivity index (χ4n) is 2.19. The van der Waals surface area contributed by atoms with Gasteiger partial charge in [-0.15, -0.1) is 0 Å². The van der Waals surface area contributed by atoms with Crippen LogP contribution in [0.4, 0.5) is 14.5 Å². The molecule has 1 aliphatic heterocycles. The highest BCUT2D eigenvalue weighted by atomic mass is 35.5. The molecule has 1 N–H and O–H groups in total. The van der Waals surface area contributed by atoms with E-state index in [0.717, 1.165) is 12.1 Å². The zero-order valence-electron chi connectivity index (χ0n) is 13.3. The van der Waals surface area contributed by atoms with E-state index in [1.165, 1.54) is 19.1 Å². The van der Waals surface area contributed by atoms with Crippen molar-refractivity contribution in [3.05, 3.63) is 52.6 Å². The first-order valence-corrected chi connectivity index (χ1v) is 7.79. The Bertz CT molecular complexity index is 890. The lowest BCUT2D eigenvalue weighted by Crippen LogP contribution is -2.30. The molecule has 3 rings (SSSR count). The Labute approximate surface area is 151 Å². The second kappa shape index (κ2) is 7.17. The van der Waals surface area contributed by atoms with E-state index in [1.807, 2.05) is 0 Å². The lowest BCUT2D eigenvalue weighted by atomic mass is 10.2. The summed E-state index contributed by atoms with van der Waals surface area (Å²) in [6.45, 7) is 1.29. The number of carbonyl (C=O) groups excluding carboxylic acids is 2. The van der Waals surface area contributed by atoms with Crippen LogP contribution in [-0.2, 0) is 9.53 Å². The summed E-state index contributed by atoms with van der Waals surface area (Å²) in [7, 11) is 0. The van der Waals surface area contributed by atoms with Crippen molar-refractivity contribution in [1.29, 1.82) is 0 Å². The van der Waals surface area contributed by atoms with Gasteiger partial charge in [-0.1, -0.05) is 11.6 Å². The Balaban J connectivity index is 1.67. The lowest BCUT2D eigenvalue weighted by molar-refractivity contribution is -0.123. The van der Waals surface area contributed by atoms with Gasteiger partial charge in [0.25, 0.3) is 5.91 Å². The van der Waals surface area contributed by atoms with Gasteiger partial charge in [0.1, 0.15) is 11.6 Å². The lowest BCUT2D eigenvalue weighted by Gasteiger charge is -2.14. The van der Waals surface area contributed by atoms with E-state index >= 15 is 0 Å². The van der Waals surface area contributed by atoms with Crippen LogP contribution in [-0.4, -0.2) is 24.8 Å². The molecule has 2 aromatic rings. The molecule has 2 aromatic carbocycles. The monoisotopic (exact) mass is 383 g/mol. The number of fused-ring (bicyclic) bond motifs is 1. The molecule has 1 aliphatic rings. The molecule has 1 atom stereocenters. The second-order valence-electron chi connectivity index (χ2n) is 5.35. The number of ether oxygens (including phenoxy) is 3. The number of hydrogen-bond acceptors (Lipinski definition) is 5. The summed E-state index contributed by atoms with van der Waals surface area (Å²) in [5, 5.41) is 2.38. The Hall–Kier alpha value is -2.87. The van der Waals surface area contributed by atoms with Gasteiger partial charge in [-0.2, -0.15) is 0 Å². The maximum atomic E-state index is 13.6.